The normalized spacial score (nSPS) is 18.8. The average molecular weight is 155 g/mol. The van der Waals surface area contributed by atoms with Crippen molar-refractivity contribution in [2.24, 2.45) is 0 Å². The van der Waals surface area contributed by atoms with Crippen molar-refractivity contribution in [3.63, 3.8) is 0 Å². The van der Waals surface area contributed by atoms with E-state index < -0.39 is 0 Å². The minimum Gasteiger partial charge on any atom is -0.445 e. The van der Waals surface area contributed by atoms with Gasteiger partial charge in [-0.1, -0.05) is 0 Å². The minimum atomic E-state index is -0.226. The summed E-state index contributed by atoms with van der Waals surface area (Å²) in [6, 6.07) is 0. The van der Waals surface area contributed by atoms with Crippen LogP contribution in [0.3, 0.4) is 0 Å². The molecule has 0 aromatic rings. The molecule has 0 aromatic carbocycles. The largest absolute Gasteiger partial charge is 0.445 e. The van der Waals surface area contributed by atoms with Crippen molar-refractivity contribution in [1.29, 1.82) is 0 Å². The first kappa shape index (κ1) is 8.11. The van der Waals surface area contributed by atoms with Crippen LogP contribution < -0.4 is 0 Å². The maximum absolute atomic E-state index is 11.1. The Bertz CT molecular complexity index is 208. The summed E-state index contributed by atoms with van der Waals surface area (Å²) < 4.78 is 4.89. The van der Waals surface area contributed by atoms with E-state index in [-0.39, 0.29) is 6.09 Å². The number of rotatable bonds is 1. The van der Waals surface area contributed by atoms with Crippen LogP contribution in [0.15, 0.2) is 11.3 Å². The van der Waals surface area contributed by atoms with Crippen molar-refractivity contribution in [2.45, 2.75) is 20.8 Å². The number of carbonyl (C=O) groups excluding carboxylic acids is 1. The number of hydrogen-bond donors (Lipinski definition) is 0. The number of amides is 1. The van der Waals surface area contributed by atoms with E-state index in [4.69, 9.17) is 4.74 Å². The molecule has 1 amide bonds. The lowest BCUT2D eigenvalue weighted by molar-refractivity contribution is 0.111. The van der Waals surface area contributed by atoms with E-state index in [2.05, 4.69) is 0 Å². The van der Waals surface area contributed by atoms with Gasteiger partial charge >= 0.3 is 6.09 Å². The van der Waals surface area contributed by atoms with Gasteiger partial charge in [-0.15, -0.1) is 0 Å². The van der Waals surface area contributed by atoms with E-state index in [1.807, 2.05) is 20.8 Å². The van der Waals surface area contributed by atoms with E-state index in [1.54, 1.807) is 4.90 Å². The molecule has 3 nitrogen and oxygen atoms in total. The number of nitrogens with zero attached hydrogens (tertiary/aromatic N) is 1. The highest BCUT2D eigenvalue weighted by Gasteiger charge is 2.21. The Balaban J connectivity index is 2.87. The highest BCUT2D eigenvalue weighted by atomic mass is 16.6. The quantitative estimate of drug-likeness (QED) is 0.577. The van der Waals surface area contributed by atoms with Gasteiger partial charge in [-0.25, -0.2) is 4.79 Å². The second kappa shape index (κ2) is 2.95. The predicted molar refractivity (Wildman–Crippen MR) is 42.1 cm³/mol. The molecule has 0 aromatic heterocycles. The molecule has 0 spiro atoms. The lowest BCUT2D eigenvalue weighted by Crippen LogP contribution is -2.34. The van der Waals surface area contributed by atoms with E-state index in [1.165, 1.54) is 0 Å². The summed E-state index contributed by atoms with van der Waals surface area (Å²) in [5.41, 5.74) is 2.16. The third kappa shape index (κ3) is 1.37. The van der Waals surface area contributed by atoms with Gasteiger partial charge in [0.1, 0.15) is 6.61 Å². The topological polar surface area (TPSA) is 29.5 Å². The van der Waals surface area contributed by atoms with Gasteiger partial charge < -0.3 is 4.74 Å². The lowest BCUT2D eigenvalue weighted by Gasteiger charge is -2.27. The summed E-state index contributed by atoms with van der Waals surface area (Å²) in [6.45, 7) is 6.98. The molecule has 0 radical (unpaired) electrons. The molecular formula is C8H13NO2. The van der Waals surface area contributed by atoms with Crippen LogP contribution in [0.25, 0.3) is 0 Å². The van der Waals surface area contributed by atoms with E-state index in [0.717, 1.165) is 11.3 Å². The van der Waals surface area contributed by atoms with Crippen molar-refractivity contribution in [1.82, 2.24) is 4.90 Å². The highest BCUT2D eigenvalue weighted by molar-refractivity contribution is 5.71. The zero-order valence-corrected chi connectivity index (χ0v) is 7.18. The minimum absolute atomic E-state index is 0.226. The fourth-order valence-electron chi connectivity index (χ4n) is 1.09. The zero-order chi connectivity index (χ0) is 8.43. The molecule has 0 atom stereocenters. The van der Waals surface area contributed by atoms with Crippen LogP contribution in [-0.4, -0.2) is 24.1 Å². The molecule has 1 aliphatic rings. The molecule has 62 valence electrons. The van der Waals surface area contributed by atoms with Gasteiger partial charge in [0.2, 0.25) is 0 Å². The molecule has 0 fully saturated rings. The number of ether oxygens (including phenoxy) is 1. The number of cyclic esters (lactones) is 1. The molecule has 0 aliphatic carbocycles. The summed E-state index contributed by atoms with van der Waals surface area (Å²) in [5, 5.41) is 0. The zero-order valence-electron chi connectivity index (χ0n) is 7.18. The Hall–Kier alpha value is -0.990. The highest BCUT2D eigenvalue weighted by Crippen LogP contribution is 2.16. The van der Waals surface area contributed by atoms with Crippen molar-refractivity contribution in [3.8, 4) is 0 Å². The smallest absolute Gasteiger partial charge is 0.414 e. The molecular weight excluding hydrogens is 142 g/mol. The number of hydrogen-bond acceptors (Lipinski definition) is 2. The fraction of sp³-hybridized carbons (Fsp3) is 0.625. The van der Waals surface area contributed by atoms with Crippen LogP contribution in [0, 0.1) is 0 Å². The molecule has 1 aliphatic heterocycles. The van der Waals surface area contributed by atoms with Crippen molar-refractivity contribution in [2.75, 3.05) is 13.2 Å². The van der Waals surface area contributed by atoms with Gasteiger partial charge in [0.05, 0.1) is 0 Å². The molecule has 1 rings (SSSR count). The summed E-state index contributed by atoms with van der Waals surface area (Å²) in [7, 11) is 0. The maximum Gasteiger partial charge on any atom is 0.414 e. The van der Waals surface area contributed by atoms with Gasteiger partial charge in [0.25, 0.3) is 0 Å². The lowest BCUT2D eigenvalue weighted by atomic mass is 10.2. The monoisotopic (exact) mass is 155 g/mol. The van der Waals surface area contributed by atoms with Crippen molar-refractivity contribution < 1.29 is 9.53 Å². The van der Waals surface area contributed by atoms with Crippen LogP contribution in [0.5, 0.6) is 0 Å². The third-order valence-electron chi connectivity index (χ3n) is 1.97. The van der Waals surface area contributed by atoms with Gasteiger partial charge in [0.15, 0.2) is 0 Å². The fourth-order valence-corrected chi connectivity index (χ4v) is 1.09. The maximum atomic E-state index is 11.1. The first-order chi connectivity index (χ1) is 5.16. The molecule has 11 heavy (non-hydrogen) atoms. The molecule has 0 bridgehead atoms. The molecule has 0 saturated carbocycles. The van der Waals surface area contributed by atoms with Gasteiger partial charge in [-0.2, -0.15) is 0 Å². The Kier molecular flexibility index (Phi) is 2.17. The summed E-state index contributed by atoms with van der Waals surface area (Å²) in [6.07, 6.45) is -0.226. The van der Waals surface area contributed by atoms with Crippen LogP contribution in [-0.2, 0) is 4.74 Å². The summed E-state index contributed by atoms with van der Waals surface area (Å²) in [5.74, 6) is 0. The summed E-state index contributed by atoms with van der Waals surface area (Å²) >= 11 is 0. The molecule has 1 heterocycles. The molecule has 3 heteroatoms. The standard InChI is InChI=1S/C8H13NO2/c1-4-9-7(3)6(2)5-11-8(9)10/h4-5H2,1-3H3. The van der Waals surface area contributed by atoms with Gasteiger partial charge in [0, 0.05) is 12.2 Å². The Labute approximate surface area is 66.6 Å². The van der Waals surface area contributed by atoms with Gasteiger partial charge in [-0.05, 0) is 26.3 Å². The Morgan fingerprint density at radius 3 is 2.64 bits per heavy atom. The van der Waals surface area contributed by atoms with Crippen LogP contribution >= 0.6 is 0 Å². The average Bonchev–Trinajstić information content (AvgIpc) is 1.99. The third-order valence-corrected chi connectivity index (χ3v) is 1.97. The molecule has 0 N–H and O–H groups in total. The van der Waals surface area contributed by atoms with Gasteiger partial charge in [-0.3, -0.25) is 4.90 Å². The van der Waals surface area contributed by atoms with E-state index in [9.17, 15) is 4.79 Å². The van der Waals surface area contributed by atoms with Crippen LogP contribution in [0.2, 0.25) is 0 Å². The van der Waals surface area contributed by atoms with E-state index >= 15 is 0 Å². The molecule has 0 unspecified atom stereocenters. The predicted octanol–water partition coefficient (Wildman–Crippen LogP) is 1.75. The first-order valence-corrected chi connectivity index (χ1v) is 3.77. The Morgan fingerprint density at radius 1 is 1.55 bits per heavy atom. The molecule has 0 saturated heterocycles. The number of carbonyl (C=O) groups is 1. The van der Waals surface area contributed by atoms with Crippen molar-refractivity contribution in [3.05, 3.63) is 11.3 Å². The van der Waals surface area contributed by atoms with Crippen LogP contribution in [0.1, 0.15) is 20.8 Å². The SMILES string of the molecule is CCN1C(=O)OCC(C)=C1C. The Morgan fingerprint density at radius 2 is 2.18 bits per heavy atom. The first-order valence-electron chi connectivity index (χ1n) is 3.77. The number of allylic oxidation sites excluding steroid dienone is 1. The van der Waals surface area contributed by atoms with E-state index in [0.29, 0.717) is 13.2 Å². The second-order valence-electron chi connectivity index (χ2n) is 2.66. The summed E-state index contributed by atoms with van der Waals surface area (Å²) in [4.78, 5) is 12.7. The second-order valence-corrected chi connectivity index (χ2v) is 2.66. The van der Waals surface area contributed by atoms with Crippen molar-refractivity contribution >= 4 is 6.09 Å². The van der Waals surface area contributed by atoms with Crippen LogP contribution in [0.4, 0.5) is 4.79 Å².